The van der Waals surface area contributed by atoms with Crippen molar-refractivity contribution in [3.05, 3.63) is 12.2 Å². The Morgan fingerprint density at radius 3 is 1.14 bits per heavy atom. The molecule has 0 aromatic rings. The van der Waals surface area contributed by atoms with Gasteiger partial charge in [0.2, 0.25) is 0 Å². The van der Waals surface area contributed by atoms with E-state index in [0.717, 1.165) is 0 Å². The maximum absolute atomic E-state index is 13.4. The summed E-state index contributed by atoms with van der Waals surface area (Å²) in [5.74, 6) is -0.458. The molecule has 4 aliphatic rings. The monoisotopic (exact) mass is 502 g/mol. The zero-order valence-electron chi connectivity index (χ0n) is 22.9. The van der Waals surface area contributed by atoms with Gasteiger partial charge in [0, 0.05) is 35.2 Å². The van der Waals surface area contributed by atoms with E-state index in [1.165, 1.54) is 9.80 Å². The Bertz CT molecular complexity index is 915. The number of nitrogens with one attached hydrogen (secondary N) is 4. The number of carbonyl (C=O) groups excluding carboxylic acids is 4. The smallest absolute Gasteiger partial charge is 0.323 e. The van der Waals surface area contributed by atoms with Gasteiger partial charge in [-0.15, -0.1) is 0 Å². The molecule has 2 spiro atoms. The number of amides is 6. The van der Waals surface area contributed by atoms with Crippen molar-refractivity contribution in [3.8, 4) is 0 Å². The van der Waals surface area contributed by atoms with Crippen molar-refractivity contribution < 1.29 is 19.2 Å². The first-order valence-corrected chi connectivity index (χ1v) is 12.8. The molecule has 36 heavy (non-hydrogen) atoms. The minimum absolute atomic E-state index is 0.0828. The highest BCUT2D eigenvalue weighted by Crippen LogP contribution is 2.41. The van der Waals surface area contributed by atoms with Gasteiger partial charge in [0.15, 0.2) is 0 Å². The predicted octanol–water partition coefficient (Wildman–Crippen LogP) is 2.01. The van der Waals surface area contributed by atoms with Crippen LogP contribution in [0.1, 0.15) is 81.1 Å². The zero-order chi connectivity index (χ0) is 26.9. The van der Waals surface area contributed by atoms with E-state index in [-0.39, 0.29) is 47.1 Å². The number of urea groups is 2. The molecule has 0 atom stereocenters. The van der Waals surface area contributed by atoms with Crippen LogP contribution in [0.2, 0.25) is 0 Å². The lowest BCUT2D eigenvalue weighted by molar-refractivity contribution is -0.135. The third-order valence-corrected chi connectivity index (χ3v) is 7.56. The number of nitrogens with zero attached hydrogens (tertiary/aromatic N) is 2. The summed E-state index contributed by atoms with van der Waals surface area (Å²) >= 11 is 0. The lowest BCUT2D eigenvalue weighted by atomic mass is 9.70. The van der Waals surface area contributed by atoms with Crippen LogP contribution >= 0.6 is 0 Å². The summed E-state index contributed by atoms with van der Waals surface area (Å²) in [4.78, 5) is 54.8. The molecule has 4 aliphatic heterocycles. The molecule has 0 unspecified atom stereocenters. The number of hydrogen-bond acceptors (Lipinski definition) is 6. The first-order valence-electron chi connectivity index (χ1n) is 12.8. The fraction of sp³-hybridized carbons (Fsp3) is 0.769. The molecular weight excluding hydrogens is 460 g/mol. The lowest BCUT2D eigenvalue weighted by Crippen LogP contribution is -2.68. The first-order chi connectivity index (χ1) is 16.3. The van der Waals surface area contributed by atoms with Crippen LogP contribution in [0.25, 0.3) is 0 Å². The highest BCUT2D eigenvalue weighted by atomic mass is 16.2. The molecule has 0 aromatic carbocycles. The average molecular weight is 503 g/mol. The van der Waals surface area contributed by atoms with Crippen LogP contribution in [0.5, 0.6) is 0 Å². The van der Waals surface area contributed by atoms with Gasteiger partial charge in [-0.3, -0.25) is 19.4 Å². The van der Waals surface area contributed by atoms with Crippen LogP contribution < -0.4 is 21.3 Å². The zero-order valence-corrected chi connectivity index (χ0v) is 22.9. The van der Waals surface area contributed by atoms with E-state index in [1.54, 1.807) is 12.2 Å². The van der Waals surface area contributed by atoms with Crippen molar-refractivity contribution >= 4 is 23.9 Å². The van der Waals surface area contributed by atoms with Crippen molar-refractivity contribution in [1.29, 1.82) is 0 Å². The van der Waals surface area contributed by atoms with Gasteiger partial charge in [-0.05, 0) is 81.1 Å². The van der Waals surface area contributed by atoms with Crippen molar-refractivity contribution in [3.63, 3.8) is 0 Å². The summed E-state index contributed by atoms with van der Waals surface area (Å²) in [5.41, 5.74) is -3.12. The summed E-state index contributed by atoms with van der Waals surface area (Å²) in [6.07, 6.45) is 5.35. The van der Waals surface area contributed by atoms with E-state index in [1.807, 2.05) is 55.4 Å². The summed E-state index contributed by atoms with van der Waals surface area (Å²) in [5, 5.41) is 13.0. The highest BCUT2D eigenvalue weighted by molar-refractivity contribution is 6.08. The molecule has 4 rings (SSSR count). The highest BCUT2D eigenvalue weighted by Gasteiger charge is 2.59. The van der Waals surface area contributed by atoms with Crippen LogP contribution in [0, 0.1) is 0 Å². The molecular formula is C26H42N6O4. The maximum atomic E-state index is 13.4. The first kappa shape index (κ1) is 26.6. The van der Waals surface area contributed by atoms with E-state index in [0.29, 0.717) is 25.7 Å². The molecule has 0 aliphatic carbocycles. The Hall–Kier alpha value is -2.46. The normalized spacial score (nSPS) is 29.3. The second-order valence-corrected chi connectivity index (χ2v) is 13.8. The molecule has 0 radical (unpaired) electrons. The number of rotatable bonds is 4. The van der Waals surface area contributed by atoms with Gasteiger partial charge in [0.25, 0.3) is 11.8 Å². The molecule has 10 heteroatoms. The van der Waals surface area contributed by atoms with Crippen molar-refractivity contribution in [1.82, 2.24) is 31.1 Å². The summed E-state index contributed by atoms with van der Waals surface area (Å²) in [6.45, 7) is 16.4. The molecule has 4 fully saturated rings. The third kappa shape index (κ3) is 4.77. The lowest BCUT2D eigenvalue weighted by Gasteiger charge is -2.50. The molecule has 0 aromatic heterocycles. The number of carbonyl (C=O) groups is 4. The van der Waals surface area contributed by atoms with Gasteiger partial charge in [0.05, 0.1) is 0 Å². The molecule has 4 saturated heterocycles. The van der Waals surface area contributed by atoms with Crippen molar-refractivity contribution in [2.24, 2.45) is 0 Å². The van der Waals surface area contributed by atoms with Gasteiger partial charge in [-0.25, -0.2) is 9.59 Å². The number of piperidine rings is 2. The Balaban J connectivity index is 1.42. The quantitative estimate of drug-likeness (QED) is 0.345. The summed E-state index contributed by atoms with van der Waals surface area (Å²) < 4.78 is 0. The molecule has 4 N–H and O–H groups in total. The van der Waals surface area contributed by atoms with E-state index in [2.05, 4.69) is 21.3 Å². The second-order valence-electron chi connectivity index (χ2n) is 13.8. The van der Waals surface area contributed by atoms with Crippen LogP contribution in [0.4, 0.5) is 9.59 Å². The summed E-state index contributed by atoms with van der Waals surface area (Å²) in [7, 11) is 0. The van der Waals surface area contributed by atoms with Crippen molar-refractivity contribution in [2.45, 2.75) is 114 Å². The van der Waals surface area contributed by atoms with Crippen LogP contribution in [0.3, 0.4) is 0 Å². The molecule has 0 bridgehead atoms. The topological polar surface area (TPSA) is 123 Å². The van der Waals surface area contributed by atoms with Crippen LogP contribution in [-0.4, -0.2) is 80.0 Å². The molecule has 0 saturated carbocycles. The third-order valence-electron chi connectivity index (χ3n) is 7.56. The van der Waals surface area contributed by atoms with Crippen LogP contribution in [0.15, 0.2) is 12.2 Å². The van der Waals surface area contributed by atoms with E-state index in [9.17, 15) is 19.2 Å². The minimum atomic E-state index is -0.936. The van der Waals surface area contributed by atoms with Gasteiger partial charge in [-0.2, -0.15) is 0 Å². The van der Waals surface area contributed by atoms with Gasteiger partial charge in [0.1, 0.15) is 11.1 Å². The summed E-state index contributed by atoms with van der Waals surface area (Å²) in [6, 6.07) is -0.822. The van der Waals surface area contributed by atoms with E-state index >= 15 is 0 Å². The fourth-order valence-corrected chi connectivity index (χ4v) is 7.67. The Kier molecular flexibility index (Phi) is 5.92. The van der Waals surface area contributed by atoms with Crippen molar-refractivity contribution in [2.75, 3.05) is 13.1 Å². The Morgan fingerprint density at radius 1 is 0.583 bits per heavy atom. The van der Waals surface area contributed by atoms with E-state index in [4.69, 9.17) is 0 Å². The Morgan fingerprint density at radius 2 is 0.861 bits per heavy atom. The Labute approximate surface area is 214 Å². The SMILES string of the molecule is CC1(C)CC2(CC(C)(C)N1)NC(=O)N(C/C=C/CN1C(=O)NC3(CC(C)(C)NC(C)(C)C3)C1=O)C2=O. The number of imide groups is 2. The van der Waals surface area contributed by atoms with Crippen LogP contribution in [-0.2, 0) is 9.59 Å². The van der Waals surface area contributed by atoms with Gasteiger partial charge >= 0.3 is 12.1 Å². The minimum Gasteiger partial charge on any atom is -0.323 e. The molecule has 10 nitrogen and oxygen atoms in total. The molecule has 4 heterocycles. The standard InChI is InChI=1S/C26H42N6O4/c1-21(2)13-25(14-22(3,4)29-21)17(33)31(19(35)27-25)11-9-10-12-32-18(34)26(28-20(32)36)15-23(5,6)30-24(7,8)16-26/h9-10,29-30H,11-16H2,1-8H3,(H,27,35)(H,28,36)/b10-9+. The second kappa shape index (κ2) is 8.02. The molecule has 200 valence electrons. The number of hydrogen-bond donors (Lipinski definition) is 4. The van der Waals surface area contributed by atoms with Gasteiger partial charge in [-0.1, -0.05) is 12.2 Å². The maximum Gasteiger partial charge on any atom is 0.325 e. The fourth-order valence-electron chi connectivity index (χ4n) is 7.67. The largest absolute Gasteiger partial charge is 0.325 e. The van der Waals surface area contributed by atoms with Gasteiger partial charge < -0.3 is 21.3 Å². The average Bonchev–Trinajstić information content (AvgIpc) is 2.97. The van der Waals surface area contributed by atoms with E-state index < -0.39 is 23.1 Å². The predicted molar refractivity (Wildman–Crippen MR) is 136 cm³/mol. The molecule has 6 amide bonds.